The molecule has 2 bridgehead atoms. The third-order valence-corrected chi connectivity index (χ3v) is 4.89. The first kappa shape index (κ1) is 14.3. The number of nitrogens with zero attached hydrogens (tertiary/aromatic N) is 4. The van der Waals surface area contributed by atoms with E-state index in [0.29, 0.717) is 17.6 Å². The van der Waals surface area contributed by atoms with Crippen LogP contribution in [0.5, 0.6) is 0 Å². The predicted molar refractivity (Wildman–Crippen MR) is 80.0 cm³/mol. The second-order valence-electron chi connectivity index (χ2n) is 6.06. The van der Waals surface area contributed by atoms with Crippen molar-refractivity contribution in [2.45, 2.75) is 70.6 Å². The Labute approximate surface area is 125 Å². The molecular formula is C16H22N4O. The van der Waals surface area contributed by atoms with E-state index in [1.807, 2.05) is 6.92 Å². The number of rotatable bonds is 3. The lowest BCUT2D eigenvalue weighted by molar-refractivity contribution is 0.126. The van der Waals surface area contributed by atoms with Gasteiger partial charge in [-0.05, 0) is 44.1 Å². The van der Waals surface area contributed by atoms with Crippen molar-refractivity contribution in [3.63, 3.8) is 0 Å². The molecule has 1 aromatic heterocycles. The summed E-state index contributed by atoms with van der Waals surface area (Å²) < 4.78 is 0. The molecule has 0 aromatic carbocycles. The Balaban J connectivity index is 2.06. The van der Waals surface area contributed by atoms with E-state index >= 15 is 0 Å². The van der Waals surface area contributed by atoms with Crippen LogP contribution in [0.15, 0.2) is 0 Å². The fourth-order valence-electron chi connectivity index (χ4n) is 3.95. The second-order valence-corrected chi connectivity index (χ2v) is 6.06. The number of hydrogen-bond donors (Lipinski definition) is 1. The van der Waals surface area contributed by atoms with Crippen LogP contribution in [0.3, 0.4) is 0 Å². The van der Waals surface area contributed by atoms with Gasteiger partial charge in [0.05, 0.1) is 11.8 Å². The van der Waals surface area contributed by atoms with Gasteiger partial charge in [0, 0.05) is 12.1 Å². The molecule has 0 saturated carbocycles. The van der Waals surface area contributed by atoms with Gasteiger partial charge in [-0.3, -0.25) is 0 Å². The number of piperidine rings is 1. The first-order chi connectivity index (χ1) is 10.2. The molecule has 0 aliphatic carbocycles. The van der Waals surface area contributed by atoms with Gasteiger partial charge in [0.25, 0.3) is 0 Å². The number of anilines is 1. The summed E-state index contributed by atoms with van der Waals surface area (Å²) >= 11 is 0. The smallest absolute Gasteiger partial charge is 0.170 e. The molecule has 3 rings (SSSR count). The number of aliphatic hydroxyl groups is 1. The molecule has 112 valence electrons. The molecule has 2 aliphatic heterocycles. The monoisotopic (exact) mass is 286 g/mol. The van der Waals surface area contributed by atoms with Gasteiger partial charge in [0.1, 0.15) is 11.6 Å². The fraction of sp³-hybridized carbons (Fsp3) is 0.688. The molecule has 2 aliphatic rings. The maximum Gasteiger partial charge on any atom is 0.170 e. The Hall–Kier alpha value is -1.67. The Morgan fingerprint density at radius 3 is 2.38 bits per heavy atom. The van der Waals surface area contributed by atoms with Crippen LogP contribution in [0.1, 0.15) is 56.4 Å². The van der Waals surface area contributed by atoms with Gasteiger partial charge in [-0.1, -0.05) is 13.8 Å². The molecular weight excluding hydrogens is 264 g/mol. The van der Waals surface area contributed by atoms with Gasteiger partial charge in [-0.25, -0.2) is 0 Å². The highest BCUT2D eigenvalue weighted by atomic mass is 16.3. The molecule has 0 amide bonds. The van der Waals surface area contributed by atoms with Crippen LogP contribution < -0.4 is 4.90 Å². The largest absolute Gasteiger partial charge is 0.393 e. The van der Waals surface area contributed by atoms with E-state index < -0.39 is 0 Å². The molecule has 5 heteroatoms. The normalized spacial score (nSPS) is 27.7. The highest BCUT2D eigenvalue weighted by Crippen LogP contribution is 2.40. The van der Waals surface area contributed by atoms with E-state index in [0.717, 1.165) is 55.6 Å². The van der Waals surface area contributed by atoms with Crippen LogP contribution in [0, 0.1) is 11.3 Å². The van der Waals surface area contributed by atoms with Crippen LogP contribution >= 0.6 is 0 Å². The molecule has 2 saturated heterocycles. The van der Waals surface area contributed by atoms with Gasteiger partial charge in [0.15, 0.2) is 5.82 Å². The Morgan fingerprint density at radius 2 is 1.86 bits per heavy atom. The van der Waals surface area contributed by atoms with Gasteiger partial charge < -0.3 is 10.0 Å². The van der Waals surface area contributed by atoms with E-state index in [9.17, 15) is 10.4 Å². The van der Waals surface area contributed by atoms with Crippen LogP contribution in [-0.4, -0.2) is 33.5 Å². The van der Waals surface area contributed by atoms with Crippen LogP contribution in [0.2, 0.25) is 0 Å². The van der Waals surface area contributed by atoms with Gasteiger partial charge in [-0.15, -0.1) is 5.10 Å². The standard InChI is InChI=1S/C16H22N4O/c1-3-13-14(9-17)16(19-18-15(13)4-2)20-10-5-6-11(20)8-12(21)7-10/h10-12,21H,3-8H2,1-2H3. The molecule has 2 fully saturated rings. The Kier molecular flexibility index (Phi) is 3.81. The zero-order valence-corrected chi connectivity index (χ0v) is 12.7. The maximum absolute atomic E-state index is 9.94. The summed E-state index contributed by atoms with van der Waals surface area (Å²) in [6.07, 6.45) is 5.10. The van der Waals surface area contributed by atoms with Crippen molar-refractivity contribution >= 4 is 5.82 Å². The first-order valence-corrected chi connectivity index (χ1v) is 7.94. The predicted octanol–water partition coefficient (Wildman–Crippen LogP) is 1.97. The van der Waals surface area contributed by atoms with Crippen molar-refractivity contribution in [2.24, 2.45) is 0 Å². The Bertz CT molecular complexity index is 566. The van der Waals surface area contributed by atoms with Crippen LogP contribution in [-0.2, 0) is 12.8 Å². The minimum Gasteiger partial charge on any atom is -0.393 e. The van der Waals surface area contributed by atoms with Crippen molar-refractivity contribution in [3.8, 4) is 6.07 Å². The van der Waals surface area contributed by atoms with E-state index in [4.69, 9.17) is 0 Å². The number of aliphatic hydroxyl groups excluding tert-OH is 1. The first-order valence-electron chi connectivity index (χ1n) is 7.94. The minimum absolute atomic E-state index is 0.210. The van der Waals surface area contributed by atoms with Crippen LogP contribution in [0.25, 0.3) is 0 Å². The van der Waals surface area contributed by atoms with Crippen molar-refractivity contribution < 1.29 is 5.11 Å². The summed E-state index contributed by atoms with van der Waals surface area (Å²) in [6, 6.07) is 2.97. The molecule has 3 heterocycles. The molecule has 0 spiro atoms. The lowest BCUT2D eigenvalue weighted by Crippen LogP contribution is -2.45. The van der Waals surface area contributed by atoms with Crippen molar-refractivity contribution in [1.29, 1.82) is 5.26 Å². The minimum atomic E-state index is -0.210. The lowest BCUT2D eigenvalue weighted by Gasteiger charge is -2.38. The van der Waals surface area contributed by atoms with Crippen molar-refractivity contribution in [1.82, 2.24) is 10.2 Å². The third-order valence-electron chi connectivity index (χ3n) is 4.89. The number of aromatic nitrogens is 2. The van der Waals surface area contributed by atoms with E-state index in [1.54, 1.807) is 0 Å². The molecule has 0 radical (unpaired) electrons. The Morgan fingerprint density at radius 1 is 1.19 bits per heavy atom. The van der Waals surface area contributed by atoms with Gasteiger partial charge in [-0.2, -0.15) is 10.4 Å². The summed E-state index contributed by atoms with van der Waals surface area (Å²) in [4.78, 5) is 2.26. The zero-order chi connectivity index (χ0) is 15.0. The number of nitriles is 1. The fourth-order valence-corrected chi connectivity index (χ4v) is 3.95. The lowest BCUT2D eigenvalue weighted by atomic mass is 9.97. The average Bonchev–Trinajstić information content (AvgIpc) is 2.76. The zero-order valence-electron chi connectivity index (χ0n) is 12.7. The number of fused-ring (bicyclic) bond motifs is 2. The average molecular weight is 286 g/mol. The van der Waals surface area contributed by atoms with Crippen molar-refractivity contribution in [3.05, 3.63) is 16.8 Å². The summed E-state index contributed by atoms with van der Waals surface area (Å²) in [5.41, 5.74) is 2.66. The second kappa shape index (κ2) is 5.61. The molecule has 2 unspecified atom stereocenters. The number of aryl methyl sites for hydroxylation is 1. The third kappa shape index (κ3) is 2.28. The van der Waals surface area contributed by atoms with E-state index in [2.05, 4.69) is 28.1 Å². The summed E-state index contributed by atoms with van der Waals surface area (Å²) in [5.74, 6) is 0.742. The highest BCUT2D eigenvalue weighted by molar-refractivity contribution is 5.60. The number of hydrogen-bond acceptors (Lipinski definition) is 5. The topological polar surface area (TPSA) is 73.0 Å². The van der Waals surface area contributed by atoms with Gasteiger partial charge in [0.2, 0.25) is 0 Å². The van der Waals surface area contributed by atoms with Crippen molar-refractivity contribution in [2.75, 3.05) is 4.90 Å². The molecule has 1 N–H and O–H groups in total. The van der Waals surface area contributed by atoms with E-state index in [-0.39, 0.29) is 6.10 Å². The van der Waals surface area contributed by atoms with Crippen LogP contribution in [0.4, 0.5) is 5.82 Å². The quantitative estimate of drug-likeness (QED) is 0.919. The maximum atomic E-state index is 9.94. The SMILES string of the molecule is CCc1nnc(N2C3CCC2CC(O)C3)c(C#N)c1CC. The summed E-state index contributed by atoms with van der Waals surface area (Å²) in [6.45, 7) is 4.11. The highest BCUT2D eigenvalue weighted by Gasteiger charge is 2.42. The molecule has 21 heavy (non-hydrogen) atoms. The molecule has 2 atom stereocenters. The summed E-state index contributed by atoms with van der Waals surface area (Å²) in [7, 11) is 0. The van der Waals surface area contributed by atoms with Gasteiger partial charge >= 0.3 is 0 Å². The molecule has 1 aromatic rings. The molecule has 5 nitrogen and oxygen atoms in total. The van der Waals surface area contributed by atoms with E-state index in [1.165, 1.54) is 0 Å². The summed E-state index contributed by atoms with van der Waals surface area (Å²) in [5, 5.41) is 28.3.